The first-order valence-electron chi connectivity index (χ1n) is 6.40. The highest BCUT2D eigenvalue weighted by molar-refractivity contribution is 7.80. The Morgan fingerprint density at radius 2 is 2.17 bits per heavy atom. The largest absolute Gasteiger partial charge is 0.389 e. The highest BCUT2D eigenvalue weighted by Gasteiger charge is 2.05. The molecule has 1 aromatic rings. The Morgan fingerprint density at radius 1 is 1.44 bits per heavy atom. The highest BCUT2D eigenvalue weighted by atomic mass is 32.1. The molecular weight excluding hydrogens is 244 g/mol. The van der Waals surface area contributed by atoms with Gasteiger partial charge in [0.05, 0.1) is 5.56 Å². The van der Waals surface area contributed by atoms with Crippen LogP contribution in [0.1, 0.15) is 25.8 Å². The van der Waals surface area contributed by atoms with E-state index < -0.39 is 0 Å². The van der Waals surface area contributed by atoms with Gasteiger partial charge in [0.2, 0.25) is 0 Å². The molecule has 3 N–H and O–H groups in total. The lowest BCUT2D eigenvalue weighted by atomic mass is 10.2. The topological polar surface area (TPSA) is 54.2 Å². The molecule has 0 spiro atoms. The van der Waals surface area contributed by atoms with Gasteiger partial charge in [-0.3, -0.25) is 0 Å². The molecule has 0 amide bonds. The Morgan fingerprint density at radius 3 is 2.78 bits per heavy atom. The highest BCUT2D eigenvalue weighted by Crippen LogP contribution is 2.10. The Balaban J connectivity index is 2.42. The van der Waals surface area contributed by atoms with Gasteiger partial charge in [-0.15, -0.1) is 0 Å². The Labute approximate surface area is 115 Å². The smallest absolute Gasteiger partial charge is 0.136 e. The molecular formula is C13H22N4S. The molecule has 0 atom stereocenters. The first-order chi connectivity index (χ1) is 8.69. The van der Waals surface area contributed by atoms with E-state index in [-0.39, 0.29) is 0 Å². The fourth-order valence-electron chi connectivity index (χ4n) is 1.79. The van der Waals surface area contributed by atoms with Gasteiger partial charge in [0.1, 0.15) is 10.8 Å². The molecule has 0 saturated carbocycles. The molecule has 0 aromatic carbocycles. The predicted molar refractivity (Wildman–Crippen MR) is 81.0 cm³/mol. The summed E-state index contributed by atoms with van der Waals surface area (Å²) in [5.41, 5.74) is 6.47. The summed E-state index contributed by atoms with van der Waals surface area (Å²) in [6.45, 7) is 8.52. The maximum absolute atomic E-state index is 5.65. The van der Waals surface area contributed by atoms with Gasteiger partial charge in [0.15, 0.2) is 0 Å². The molecule has 0 aliphatic carbocycles. The summed E-state index contributed by atoms with van der Waals surface area (Å²) in [6.07, 6.45) is 2.82. The average molecular weight is 266 g/mol. The summed E-state index contributed by atoms with van der Waals surface area (Å²) < 4.78 is 0. The second kappa shape index (κ2) is 8.00. The molecule has 18 heavy (non-hydrogen) atoms. The zero-order valence-corrected chi connectivity index (χ0v) is 12.0. The van der Waals surface area contributed by atoms with Gasteiger partial charge in [-0.25, -0.2) is 4.98 Å². The van der Waals surface area contributed by atoms with E-state index in [1.54, 1.807) is 6.20 Å². The molecule has 5 heteroatoms. The molecule has 4 nitrogen and oxygen atoms in total. The monoisotopic (exact) mass is 266 g/mol. The summed E-state index contributed by atoms with van der Waals surface area (Å²) >= 11 is 5.00. The number of nitrogens with two attached hydrogens (primary N) is 1. The van der Waals surface area contributed by atoms with E-state index in [9.17, 15) is 0 Å². The maximum atomic E-state index is 5.65. The molecule has 0 aliphatic rings. The van der Waals surface area contributed by atoms with Crippen LogP contribution in [0.5, 0.6) is 0 Å². The van der Waals surface area contributed by atoms with E-state index in [1.807, 2.05) is 12.1 Å². The van der Waals surface area contributed by atoms with Crippen molar-refractivity contribution in [2.24, 2.45) is 5.73 Å². The normalized spacial score (nSPS) is 10.6. The van der Waals surface area contributed by atoms with E-state index in [4.69, 9.17) is 18.0 Å². The van der Waals surface area contributed by atoms with Gasteiger partial charge in [0, 0.05) is 12.7 Å². The molecule has 1 aromatic heterocycles. The van der Waals surface area contributed by atoms with Crippen molar-refractivity contribution in [3.05, 3.63) is 23.9 Å². The lowest BCUT2D eigenvalue weighted by Gasteiger charge is -2.18. The number of nitrogens with one attached hydrogen (secondary N) is 1. The first kappa shape index (κ1) is 14.9. The van der Waals surface area contributed by atoms with E-state index in [2.05, 4.69) is 29.0 Å². The quantitative estimate of drug-likeness (QED) is 0.555. The number of hydrogen-bond acceptors (Lipinski definition) is 4. The van der Waals surface area contributed by atoms with Crippen LogP contribution in [0.25, 0.3) is 0 Å². The van der Waals surface area contributed by atoms with Crippen molar-refractivity contribution < 1.29 is 0 Å². The molecule has 0 fully saturated rings. The van der Waals surface area contributed by atoms with Gasteiger partial charge >= 0.3 is 0 Å². The van der Waals surface area contributed by atoms with E-state index in [1.165, 1.54) is 0 Å². The van der Waals surface area contributed by atoms with Crippen LogP contribution in [0.3, 0.4) is 0 Å². The number of pyridine rings is 1. The molecule has 0 bridgehead atoms. The summed E-state index contributed by atoms with van der Waals surface area (Å²) in [7, 11) is 0. The van der Waals surface area contributed by atoms with Crippen molar-refractivity contribution in [1.82, 2.24) is 9.88 Å². The van der Waals surface area contributed by atoms with Gasteiger partial charge in [-0.1, -0.05) is 26.1 Å². The minimum absolute atomic E-state index is 0.384. The fourth-order valence-corrected chi connectivity index (χ4v) is 1.96. The molecule has 100 valence electrons. The maximum Gasteiger partial charge on any atom is 0.136 e. The van der Waals surface area contributed by atoms with Crippen molar-refractivity contribution in [3.63, 3.8) is 0 Å². The van der Waals surface area contributed by atoms with Crippen LogP contribution in [0.15, 0.2) is 18.3 Å². The Kier molecular flexibility index (Phi) is 6.60. The summed E-state index contributed by atoms with van der Waals surface area (Å²) in [5, 5.41) is 3.29. The van der Waals surface area contributed by atoms with E-state index in [0.717, 1.165) is 44.0 Å². The molecule has 0 aliphatic heterocycles. The van der Waals surface area contributed by atoms with Crippen LogP contribution in [-0.4, -0.2) is 41.1 Å². The molecule has 1 heterocycles. The number of nitrogens with zero attached hydrogens (tertiary/aromatic N) is 2. The van der Waals surface area contributed by atoms with Gasteiger partial charge in [0.25, 0.3) is 0 Å². The molecule has 1 rings (SSSR count). The van der Waals surface area contributed by atoms with E-state index in [0.29, 0.717) is 4.99 Å². The van der Waals surface area contributed by atoms with Crippen molar-refractivity contribution in [2.75, 3.05) is 31.5 Å². The number of aromatic nitrogens is 1. The Hall–Kier alpha value is -1.20. The molecule has 0 unspecified atom stereocenters. The minimum atomic E-state index is 0.384. The zero-order chi connectivity index (χ0) is 13.4. The summed E-state index contributed by atoms with van der Waals surface area (Å²) in [5.74, 6) is 0.782. The molecule has 0 saturated heterocycles. The van der Waals surface area contributed by atoms with Crippen molar-refractivity contribution in [3.8, 4) is 0 Å². The van der Waals surface area contributed by atoms with Crippen LogP contribution in [0.4, 0.5) is 5.82 Å². The third-order valence-corrected chi connectivity index (χ3v) is 3.13. The van der Waals surface area contributed by atoms with Crippen LogP contribution in [0, 0.1) is 0 Å². The van der Waals surface area contributed by atoms with Crippen molar-refractivity contribution in [2.45, 2.75) is 20.3 Å². The van der Waals surface area contributed by atoms with Crippen LogP contribution in [0.2, 0.25) is 0 Å². The summed E-state index contributed by atoms with van der Waals surface area (Å²) in [4.78, 5) is 7.05. The SMILES string of the molecule is CCN(CC)CCCNc1ncccc1C(N)=S. The second-order valence-corrected chi connectivity index (χ2v) is 4.51. The Bertz CT molecular complexity index is 377. The van der Waals surface area contributed by atoms with Gasteiger partial charge < -0.3 is 16.0 Å². The van der Waals surface area contributed by atoms with Crippen LogP contribution >= 0.6 is 12.2 Å². The standard InChI is InChI=1S/C13H22N4S/c1-3-17(4-2)10-6-9-16-13-11(12(14)18)7-5-8-15-13/h5,7-8H,3-4,6,9-10H2,1-2H3,(H2,14,18)(H,15,16). The van der Waals surface area contributed by atoms with Crippen LogP contribution < -0.4 is 11.1 Å². The third-order valence-electron chi connectivity index (χ3n) is 2.91. The lowest BCUT2D eigenvalue weighted by molar-refractivity contribution is 0.303. The first-order valence-corrected chi connectivity index (χ1v) is 6.80. The number of hydrogen-bond donors (Lipinski definition) is 2. The second-order valence-electron chi connectivity index (χ2n) is 4.07. The number of anilines is 1. The lowest BCUT2D eigenvalue weighted by Crippen LogP contribution is -2.25. The van der Waals surface area contributed by atoms with Gasteiger partial charge in [-0.2, -0.15) is 0 Å². The number of thiocarbonyl (C=S) groups is 1. The van der Waals surface area contributed by atoms with Crippen LogP contribution in [-0.2, 0) is 0 Å². The minimum Gasteiger partial charge on any atom is -0.389 e. The molecule has 0 radical (unpaired) electrons. The van der Waals surface area contributed by atoms with E-state index >= 15 is 0 Å². The number of rotatable bonds is 8. The average Bonchev–Trinajstić information content (AvgIpc) is 2.39. The third kappa shape index (κ3) is 4.58. The van der Waals surface area contributed by atoms with Crippen molar-refractivity contribution in [1.29, 1.82) is 0 Å². The summed E-state index contributed by atoms with van der Waals surface area (Å²) in [6, 6.07) is 3.73. The van der Waals surface area contributed by atoms with Gasteiger partial charge in [-0.05, 0) is 38.2 Å². The van der Waals surface area contributed by atoms with Crippen molar-refractivity contribution >= 4 is 23.0 Å². The predicted octanol–water partition coefficient (Wildman–Crippen LogP) is 1.86. The zero-order valence-electron chi connectivity index (χ0n) is 11.1. The fraction of sp³-hybridized carbons (Fsp3) is 0.538.